The zero-order valence-corrected chi connectivity index (χ0v) is 20.0. The normalized spacial score (nSPS) is 18.3. The molecule has 2 aromatic rings. The van der Waals surface area contributed by atoms with Crippen LogP contribution in [0.1, 0.15) is 35.3 Å². The lowest BCUT2D eigenvalue weighted by atomic mass is 10.1. The largest absolute Gasteiger partial charge is 0.450 e. The molecule has 0 bridgehead atoms. The fraction of sp³-hybridized carbons (Fsp3) is 0.417. The first-order valence-corrected chi connectivity index (χ1v) is 12.6. The van der Waals surface area contributed by atoms with Crippen LogP contribution >= 0.6 is 0 Å². The molecule has 0 spiro atoms. The molecule has 9 heteroatoms. The molecule has 2 aliphatic heterocycles. The Morgan fingerprint density at radius 2 is 1.64 bits per heavy atom. The van der Waals surface area contributed by atoms with Gasteiger partial charge >= 0.3 is 6.09 Å². The third-order valence-corrected chi connectivity index (χ3v) is 8.09. The second-order valence-corrected chi connectivity index (χ2v) is 10.3. The predicted molar refractivity (Wildman–Crippen MR) is 125 cm³/mol. The van der Waals surface area contributed by atoms with Crippen LogP contribution in [0.4, 0.5) is 10.5 Å². The average Bonchev–Trinajstić information content (AvgIpc) is 3.14. The van der Waals surface area contributed by atoms with Gasteiger partial charge in [0.05, 0.1) is 17.2 Å². The fourth-order valence-corrected chi connectivity index (χ4v) is 6.11. The van der Waals surface area contributed by atoms with E-state index in [1.54, 1.807) is 59.2 Å². The maximum Gasteiger partial charge on any atom is 0.409 e. The number of hydrogen-bond donors (Lipinski definition) is 0. The van der Waals surface area contributed by atoms with Crippen LogP contribution in [0, 0.1) is 6.92 Å². The van der Waals surface area contributed by atoms with Gasteiger partial charge in [-0.2, -0.15) is 0 Å². The number of carbonyl (C=O) groups is 2. The van der Waals surface area contributed by atoms with Crippen molar-refractivity contribution in [2.75, 3.05) is 37.1 Å². The summed E-state index contributed by atoms with van der Waals surface area (Å²) >= 11 is 0. The van der Waals surface area contributed by atoms with E-state index in [2.05, 4.69) is 0 Å². The van der Waals surface area contributed by atoms with Crippen LogP contribution in [0.2, 0.25) is 0 Å². The van der Waals surface area contributed by atoms with Gasteiger partial charge in [0.2, 0.25) is 0 Å². The molecule has 4 rings (SSSR count). The maximum atomic E-state index is 13.3. The van der Waals surface area contributed by atoms with Crippen LogP contribution < -0.4 is 4.31 Å². The third kappa shape index (κ3) is 4.42. The van der Waals surface area contributed by atoms with E-state index >= 15 is 0 Å². The summed E-state index contributed by atoms with van der Waals surface area (Å²) in [4.78, 5) is 28.5. The van der Waals surface area contributed by atoms with Gasteiger partial charge in [-0.1, -0.05) is 17.7 Å². The number of amides is 2. The summed E-state index contributed by atoms with van der Waals surface area (Å²) in [6, 6.07) is 11.8. The quantitative estimate of drug-likeness (QED) is 0.684. The van der Waals surface area contributed by atoms with Crippen molar-refractivity contribution in [2.24, 2.45) is 0 Å². The molecule has 33 heavy (non-hydrogen) atoms. The number of sulfonamides is 1. The van der Waals surface area contributed by atoms with Crippen molar-refractivity contribution in [3.8, 4) is 0 Å². The summed E-state index contributed by atoms with van der Waals surface area (Å²) in [6.45, 7) is 7.59. The molecule has 0 aliphatic carbocycles. The number of fused-ring (bicyclic) bond motifs is 1. The van der Waals surface area contributed by atoms with Crippen molar-refractivity contribution >= 4 is 27.7 Å². The Morgan fingerprint density at radius 3 is 2.27 bits per heavy atom. The molecule has 2 heterocycles. The standard InChI is InChI=1S/C24H29N3O5S/c1-4-32-24(29)26-13-11-25(12-14-26)23(28)19-7-10-22-20(16-19)15-18(3)27(22)33(30,31)21-8-5-17(2)6-9-21/h5-10,16,18H,4,11-15H2,1-3H3/t18-/m1/s1. The van der Waals surface area contributed by atoms with E-state index in [1.807, 2.05) is 13.8 Å². The zero-order valence-electron chi connectivity index (χ0n) is 19.2. The molecule has 2 amide bonds. The monoisotopic (exact) mass is 471 g/mol. The highest BCUT2D eigenvalue weighted by Crippen LogP contribution is 2.37. The van der Waals surface area contributed by atoms with Crippen LogP contribution in [-0.2, 0) is 21.2 Å². The molecule has 8 nitrogen and oxygen atoms in total. The topological polar surface area (TPSA) is 87.2 Å². The minimum atomic E-state index is -3.70. The first-order chi connectivity index (χ1) is 15.7. The van der Waals surface area contributed by atoms with E-state index in [0.29, 0.717) is 50.5 Å². The van der Waals surface area contributed by atoms with E-state index in [4.69, 9.17) is 4.74 Å². The average molecular weight is 472 g/mol. The molecular formula is C24H29N3O5S. The van der Waals surface area contributed by atoms with Crippen LogP contribution in [0.5, 0.6) is 0 Å². The molecular weight excluding hydrogens is 442 g/mol. The highest BCUT2D eigenvalue weighted by Gasteiger charge is 2.36. The molecule has 0 aromatic heterocycles. The minimum absolute atomic E-state index is 0.117. The Balaban J connectivity index is 1.52. The molecule has 0 N–H and O–H groups in total. The highest BCUT2D eigenvalue weighted by atomic mass is 32.2. The first kappa shape index (κ1) is 23.1. The van der Waals surface area contributed by atoms with Crippen molar-refractivity contribution in [1.29, 1.82) is 0 Å². The van der Waals surface area contributed by atoms with Gasteiger partial charge in [-0.15, -0.1) is 0 Å². The van der Waals surface area contributed by atoms with E-state index in [1.165, 1.54) is 4.31 Å². The molecule has 1 saturated heterocycles. The van der Waals surface area contributed by atoms with Crippen molar-refractivity contribution < 1.29 is 22.7 Å². The summed E-state index contributed by atoms with van der Waals surface area (Å²) in [5.41, 5.74) is 2.98. The molecule has 0 unspecified atom stereocenters. The molecule has 1 fully saturated rings. The van der Waals surface area contributed by atoms with E-state index in [-0.39, 0.29) is 22.9 Å². The number of anilines is 1. The lowest BCUT2D eigenvalue weighted by Crippen LogP contribution is -2.50. The van der Waals surface area contributed by atoms with Crippen molar-refractivity contribution in [2.45, 2.75) is 38.1 Å². The molecule has 2 aromatic carbocycles. The number of carbonyl (C=O) groups excluding carboxylic acids is 2. The Labute approximate surface area is 194 Å². The Kier molecular flexibility index (Phi) is 6.34. The van der Waals surface area contributed by atoms with E-state index < -0.39 is 10.0 Å². The fourth-order valence-electron chi connectivity index (χ4n) is 4.42. The molecule has 1 atom stereocenters. The highest BCUT2D eigenvalue weighted by molar-refractivity contribution is 7.92. The van der Waals surface area contributed by atoms with E-state index in [0.717, 1.165) is 11.1 Å². The van der Waals surface area contributed by atoms with E-state index in [9.17, 15) is 18.0 Å². The van der Waals surface area contributed by atoms with Crippen LogP contribution in [0.25, 0.3) is 0 Å². The number of ether oxygens (including phenoxy) is 1. The smallest absolute Gasteiger partial charge is 0.409 e. The summed E-state index contributed by atoms with van der Waals surface area (Å²) in [7, 11) is -3.70. The van der Waals surface area contributed by atoms with Gasteiger partial charge in [-0.3, -0.25) is 9.10 Å². The predicted octanol–water partition coefficient (Wildman–Crippen LogP) is 3.05. The first-order valence-electron chi connectivity index (χ1n) is 11.2. The second kappa shape index (κ2) is 9.05. The number of hydrogen-bond acceptors (Lipinski definition) is 5. The Bertz CT molecular complexity index is 1160. The Hall–Kier alpha value is -3.07. The SMILES string of the molecule is CCOC(=O)N1CCN(C(=O)c2ccc3c(c2)C[C@@H](C)N3S(=O)(=O)c2ccc(C)cc2)CC1. The van der Waals surface area contributed by atoms with Gasteiger partial charge in [-0.25, -0.2) is 13.2 Å². The van der Waals surface area contributed by atoms with Gasteiger partial charge in [0.25, 0.3) is 15.9 Å². The second-order valence-electron chi connectivity index (χ2n) is 8.49. The number of aryl methyl sites for hydroxylation is 1. The molecule has 0 radical (unpaired) electrons. The van der Waals surface area contributed by atoms with Gasteiger partial charge in [0.1, 0.15) is 0 Å². The van der Waals surface area contributed by atoms with Gasteiger partial charge < -0.3 is 14.5 Å². The Morgan fingerprint density at radius 1 is 1.00 bits per heavy atom. The van der Waals surface area contributed by atoms with Crippen molar-refractivity contribution in [3.05, 3.63) is 59.2 Å². The summed E-state index contributed by atoms with van der Waals surface area (Å²) in [5.74, 6) is -0.117. The van der Waals surface area contributed by atoms with Crippen molar-refractivity contribution in [1.82, 2.24) is 9.80 Å². The summed E-state index contributed by atoms with van der Waals surface area (Å²) in [6.07, 6.45) is 0.184. The molecule has 2 aliphatic rings. The number of nitrogens with zero attached hydrogens (tertiary/aromatic N) is 3. The molecule has 0 saturated carbocycles. The maximum absolute atomic E-state index is 13.3. The minimum Gasteiger partial charge on any atom is -0.450 e. The van der Waals surface area contributed by atoms with Crippen molar-refractivity contribution in [3.63, 3.8) is 0 Å². The lowest BCUT2D eigenvalue weighted by molar-refractivity contribution is 0.0570. The number of benzene rings is 2. The molecule has 176 valence electrons. The summed E-state index contributed by atoms with van der Waals surface area (Å²) in [5, 5.41) is 0. The van der Waals surface area contributed by atoms with Gasteiger partial charge in [-0.05, 0) is 63.1 Å². The van der Waals surface area contributed by atoms with Crippen LogP contribution in [0.3, 0.4) is 0 Å². The summed E-state index contributed by atoms with van der Waals surface area (Å²) < 4.78 is 33.1. The lowest BCUT2D eigenvalue weighted by Gasteiger charge is -2.34. The van der Waals surface area contributed by atoms with Gasteiger partial charge in [0.15, 0.2) is 0 Å². The number of rotatable bonds is 4. The number of piperazine rings is 1. The zero-order chi connectivity index (χ0) is 23.8. The van der Waals surface area contributed by atoms with Crippen LogP contribution in [0.15, 0.2) is 47.4 Å². The van der Waals surface area contributed by atoms with Gasteiger partial charge in [0, 0.05) is 37.8 Å². The van der Waals surface area contributed by atoms with Crippen LogP contribution in [-0.4, -0.2) is 69.0 Å². The third-order valence-electron chi connectivity index (χ3n) is 6.15.